The van der Waals surface area contributed by atoms with Crippen molar-refractivity contribution in [2.45, 2.75) is 32.6 Å². The first-order valence-corrected chi connectivity index (χ1v) is 21.6. The molecule has 0 radical (unpaired) electrons. The Balaban J connectivity index is 0.977. The van der Waals surface area contributed by atoms with Gasteiger partial charge >= 0.3 is 0 Å². The minimum Gasteiger partial charge on any atom is -0.508 e. The van der Waals surface area contributed by atoms with Gasteiger partial charge in [0.05, 0.1) is 40.8 Å². The van der Waals surface area contributed by atoms with Crippen LogP contribution >= 0.6 is 22.9 Å². The summed E-state index contributed by atoms with van der Waals surface area (Å²) < 4.78 is 14.1. The smallest absolute Gasteiger partial charge is 0.242 e. The number of aromatic hydroxyl groups is 1. The number of phenolic OH excluding ortho intramolecular Hbond substituents is 1. The van der Waals surface area contributed by atoms with Crippen molar-refractivity contribution < 1.29 is 33.4 Å². The number of halogens is 1. The molecule has 4 aliphatic rings. The predicted molar refractivity (Wildman–Crippen MR) is 235 cm³/mol. The van der Waals surface area contributed by atoms with E-state index >= 15 is 9.59 Å². The molecule has 1 N–H and O–H groups in total. The maximum Gasteiger partial charge on any atom is 0.242 e. The Bertz CT molecular complexity index is 3100. The van der Waals surface area contributed by atoms with E-state index in [9.17, 15) is 14.7 Å². The number of nitrogens with zero attached hydrogens (tertiary/aromatic N) is 5. The summed E-state index contributed by atoms with van der Waals surface area (Å²) >= 11 is 7.90. The molecule has 4 aromatic carbocycles. The average molecular weight is 864 g/mol. The van der Waals surface area contributed by atoms with Crippen LogP contribution in [-0.2, 0) is 26.2 Å². The third-order valence-electron chi connectivity index (χ3n) is 13.7. The topological polar surface area (TPSA) is 148 Å². The van der Waals surface area contributed by atoms with Crippen LogP contribution < -0.4 is 14.5 Å². The van der Waals surface area contributed by atoms with Crippen LogP contribution in [0.4, 0.5) is 11.5 Å². The second kappa shape index (κ2) is 13.7. The molecule has 2 saturated heterocycles. The third kappa shape index (κ3) is 5.37. The lowest BCUT2D eigenvalue weighted by Gasteiger charge is -2.49. The fourth-order valence-corrected chi connectivity index (χ4v) is 12.0. The highest BCUT2D eigenvalue weighted by Gasteiger charge is 2.68. The summed E-state index contributed by atoms with van der Waals surface area (Å²) in [6, 6.07) is 26.8. The number of rotatable bonds is 6. The second-order valence-corrected chi connectivity index (χ2v) is 18.3. The molecule has 3 aromatic heterocycles. The lowest BCUT2D eigenvalue weighted by molar-refractivity contribution is -0.131. The number of benzene rings is 4. The molecular weight excluding hydrogens is 826 g/mol. The first kappa shape index (κ1) is 38.4. The Morgan fingerprint density at radius 2 is 1.71 bits per heavy atom. The molecule has 6 atom stereocenters. The minimum absolute atomic E-state index is 0.0733. The second-order valence-electron chi connectivity index (χ2n) is 16.8. The summed E-state index contributed by atoms with van der Waals surface area (Å²) in [6.45, 7) is 3.79. The summed E-state index contributed by atoms with van der Waals surface area (Å²) in [6.07, 6.45) is 2.36. The number of carbonyl (C=O) groups excluding carboxylic acids is 4. The number of carbonyl (C=O) groups is 4. The fraction of sp³-hybridized carbons (Fsp3) is 0.250. The number of fused-ring (bicyclic) bond motifs is 6. The van der Waals surface area contributed by atoms with Crippen molar-refractivity contribution in [1.82, 2.24) is 14.8 Å². The van der Waals surface area contributed by atoms with Crippen LogP contribution in [-0.4, -0.2) is 50.6 Å². The average Bonchev–Trinajstić information content (AvgIpc) is 4.06. The maximum atomic E-state index is 15.3. The van der Waals surface area contributed by atoms with Gasteiger partial charge in [0.25, 0.3) is 0 Å². The van der Waals surface area contributed by atoms with Gasteiger partial charge in [0, 0.05) is 39.9 Å². The van der Waals surface area contributed by atoms with Crippen molar-refractivity contribution >= 4 is 79.3 Å². The number of hydrogen-bond donors (Lipinski definition) is 1. The number of methoxy groups -OCH3 is 1. The molecule has 3 fully saturated rings. The Kier molecular flexibility index (Phi) is 8.49. The highest BCUT2D eigenvalue weighted by Crippen LogP contribution is 2.65. The molecule has 0 bridgehead atoms. The van der Waals surface area contributed by atoms with Crippen molar-refractivity contribution in [2.24, 2.45) is 36.1 Å². The summed E-state index contributed by atoms with van der Waals surface area (Å²) in [5.41, 5.74) is 3.83. The van der Waals surface area contributed by atoms with E-state index in [2.05, 4.69) is 4.98 Å². The Labute approximate surface area is 364 Å². The number of aromatic nitrogens is 3. The molecule has 12 nitrogen and oxygen atoms in total. The normalized spacial score (nSPS) is 24.5. The molecule has 1 saturated carbocycles. The number of para-hydroxylation sites is 2. The highest BCUT2D eigenvalue weighted by molar-refractivity contribution is 7.22. The van der Waals surface area contributed by atoms with E-state index in [4.69, 9.17) is 25.9 Å². The monoisotopic (exact) mass is 863 g/mol. The molecule has 5 heterocycles. The zero-order valence-electron chi connectivity index (χ0n) is 34.0. The number of aryl methyl sites for hydroxylation is 2. The molecule has 6 unspecified atom stereocenters. The summed E-state index contributed by atoms with van der Waals surface area (Å²) in [4.78, 5) is 67.4. The van der Waals surface area contributed by atoms with Gasteiger partial charge in [-0.05, 0) is 116 Å². The molecule has 310 valence electrons. The first-order chi connectivity index (χ1) is 29.9. The summed E-state index contributed by atoms with van der Waals surface area (Å²) in [5, 5.41) is 18.0. The van der Waals surface area contributed by atoms with Crippen LogP contribution in [0.3, 0.4) is 0 Å². The van der Waals surface area contributed by atoms with Crippen LogP contribution in [0, 0.1) is 36.0 Å². The molecule has 62 heavy (non-hydrogen) atoms. The molecule has 2 aliphatic carbocycles. The van der Waals surface area contributed by atoms with E-state index in [0.717, 1.165) is 31.6 Å². The number of phenols is 1. The van der Waals surface area contributed by atoms with Crippen LogP contribution in [0.15, 0.2) is 107 Å². The van der Waals surface area contributed by atoms with Gasteiger partial charge in [0.1, 0.15) is 28.5 Å². The lowest BCUT2D eigenvalue weighted by Crippen LogP contribution is -2.49. The number of thiophene rings is 1. The molecular formula is C48H38ClN5O7S. The van der Waals surface area contributed by atoms with Crippen LogP contribution in [0.1, 0.15) is 36.8 Å². The third-order valence-corrected chi connectivity index (χ3v) is 15.2. The lowest BCUT2D eigenvalue weighted by atomic mass is 9.51. The molecule has 0 spiro atoms. The molecule has 2 aliphatic heterocycles. The SMILES string of the molecule is COc1ccc(O)c(C2C3=CCC4C(=O)N(c5ccc(-c6nc7ccccc7o6)cc5)C(=O)C4C3CC3C(=O)N(c4cc(-c5sc6ccc(Cl)cc6c5C)nn4C)C(=O)C32C)c1. The Morgan fingerprint density at radius 1 is 0.919 bits per heavy atom. The zero-order chi connectivity index (χ0) is 42.9. The van der Waals surface area contributed by atoms with Gasteiger partial charge in [0.15, 0.2) is 5.58 Å². The van der Waals surface area contributed by atoms with E-state index in [1.54, 1.807) is 72.5 Å². The molecule has 14 heteroatoms. The number of anilines is 2. The van der Waals surface area contributed by atoms with E-state index in [-0.39, 0.29) is 30.4 Å². The van der Waals surface area contributed by atoms with E-state index in [1.165, 1.54) is 23.0 Å². The van der Waals surface area contributed by atoms with Gasteiger partial charge < -0.3 is 14.3 Å². The van der Waals surface area contributed by atoms with Crippen molar-refractivity contribution in [3.8, 4) is 33.5 Å². The van der Waals surface area contributed by atoms with Gasteiger partial charge in [-0.3, -0.25) is 28.8 Å². The van der Waals surface area contributed by atoms with Crippen molar-refractivity contribution in [1.29, 1.82) is 0 Å². The van der Waals surface area contributed by atoms with Gasteiger partial charge in [-0.1, -0.05) is 35.4 Å². The van der Waals surface area contributed by atoms with Gasteiger partial charge in [-0.25, -0.2) is 9.88 Å². The Morgan fingerprint density at radius 3 is 2.48 bits per heavy atom. The van der Waals surface area contributed by atoms with E-state index in [0.29, 0.717) is 50.6 Å². The van der Waals surface area contributed by atoms with Gasteiger partial charge in [0.2, 0.25) is 29.5 Å². The number of hydrogen-bond acceptors (Lipinski definition) is 10. The summed E-state index contributed by atoms with van der Waals surface area (Å²) in [5.74, 6) is -4.26. The van der Waals surface area contributed by atoms with E-state index in [1.807, 2.05) is 55.5 Å². The number of oxazole rings is 1. The minimum atomic E-state index is -1.39. The van der Waals surface area contributed by atoms with Crippen LogP contribution in [0.25, 0.3) is 43.2 Å². The van der Waals surface area contributed by atoms with Gasteiger partial charge in [-0.15, -0.1) is 11.3 Å². The highest BCUT2D eigenvalue weighted by atomic mass is 35.5. The largest absolute Gasteiger partial charge is 0.508 e. The van der Waals surface area contributed by atoms with Crippen LogP contribution in [0.2, 0.25) is 5.02 Å². The first-order valence-electron chi connectivity index (χ1n) is 20.4. The quantitative estimate of drug-likeness (QED) is 0.128. The number of allylic oxidation sites excluding steroid dienone is 2. The van der Waals surface area contributed by atoms with Gasteiger partial charge in [-0.2, -0.15) is 5.10 Å². The van der Waals surface area contributed by atoms with Crippen molar-refractivity contribution in [2.75, 3.05) is 16.9 Å². The molecule has 7 aromatic rings. The predicted octanol–water partition coefficient (Wildman–Crippen LogP) is 9.22. The number of ether oxygens (including phenoxy) is 1. The number of amides is 4. The zero-order valence-corrected chi connectivity index (χ0v) is 35.5. The Hall–Kier alpha value is -6.57. The molecule has 4 amide bonds. The van der Waals surface area contributed by atoms with E-state index < -0.39 is 46.8 Å². The molecule has 11 rings (SSSR count). The van der Waals surface area contributed by atoms with Crippen molar-refractivity contribution in [3.63, 3.8) is 0 Å². The van der Waals surface area contributed by atoms with Crippen molar-refractivity contribution in [3.05, 3.63) is 119 Å². The maximum absolute atomic E-state index is 15.3. The van der Waals surface area contributed by atoms with Crippen LogP contribution in [0.5, 0.6) is 11.5 Å². The standard InChI is InChI=1S/C48H38ClN5O7S/c1-23-30-19-25(49)11-18-38(30)62-42(23)35-22-39(52(3)51-35)54-45(57)33-21-31-28(41(48(33,2)47(54)59)32-20-27(60-4)14-17-36(32)55)15-16-29-40(31)46(58)53(44(29)56)26-12-9-24(10-13-26)43-50-34-7-5-6-8-37(34)61-43/h5-15,17-20,22,29,31,33,40-41,55H,16,21H2,1-4H3. The fourth-order valence-electron chi connectivity index (χ4n) is 10.7. The number of imide groups is 2. The summed E-state index contributed by atoms with van der Waals surface area (Å²) in [7, 11) is 3.23.